The van der Waals surface area contributed by atoms with E-state index in [-0.39, 0.29) is 0 Å². The van der Waals surface area contributed by atoms with Gasteiger partial charge in [-0.05, 0) is 61.4 Å². The van der Waals surface area contributed by atoms with Crippen LogP contribution in [-0.4, -0.2) is 0 Å². The van der Waals surface area contributed by atoms with Gasteiger partial charge in [0, 0.05) is 0 Å². The van der Waals surface area contributed by atoms with E-state index in [9.17, 15) is 0 Å². The van der Waals surface area contributed by atoms with Crippen LogP contribution in [0.15, 0.2) is 6.07 Å². The SMILES string of the molecule is CCc1cc(CC)c(C)c(C)c1C. The Balaban J connectivity index is 3.36. The third-order valence-electron chi connectivity index (χ3n) is 3.20. The highest BCUT2D eigenvalue weighted by molar-refractivity contribution is 5.44. The Morgan fingerprint density at radius 2 is 1.15 bits per heavy atom. The molecule has 0 saturated heterocycles. The molecule has 0 aromatic heterocycles. The highest BCUT2D eigenvalue weighted by Gasteiger charge is 2.06. The molecule has 1 rings (SSSR count). The summed E-state index contributed by atoms with van der Waals surface area (Å²) in [5.74, 6) is 0. The second-order valence-corrected chi connectivity index (χ2v) is 3.78. The van der Waals surface area contributed by atoms with Crippen molar-refractivity contribution in [1.29, 1.82) is 0 Å². The Kier molecular flexibility index (Phi) is 3.13. The van der Waals surface area contributed by atoms with E-state index in [1.54, 1.807) is 0 Å². The average molecular weight is 176 g/mol. The highest BCUT2D eigenvalue weighted by atomic mass is 14.1. The lowest BCUT2D eigenvalue weighted by molar-refractivity contribution is 1.03. The third kappa shape index (κ3) is 1.77. The molecule has 0 heteroatoms. The van der Waals surface area contributed by atoms with Crippen LogP contribution in [0.3, 0.4) is 0 Å². The van der Waals surface area contributed by atoms with Gasteiger partial charge in [0.15, 0.2) is 0 Å². The molecule has 0 atom stereocenters. The topological polar surface area (TPSA) is 0 Å². The summed E-state index contributed by atoms with van der Waals surface area (Å²) in [6.07, 6.45) is 2.31. The monoisotopic (exact) mass is 176 g/mol. The molecule has 0 fully saturated rings. The third-order valence-corrected chi connectivity index (χ3v) is 3.20. The van der Waals surface area contributed by atoms with E-state index >= 15 is 0 Å². The maximum Gasteiger partial charge on any atom is -0.0305 e. The normalized spacial score (nSPS) is 10.5. The number of hydrogen-bond donors (Lipinski definition) is 0. The summed E-state index contributed by atoms with van der Waals surface area (Å²) < 4.78 is 0. The number of rotatable bonds is 2. The minimum atomic E-state index is 1.15. The number of benzene rings is 1. The lowest BCUT2D eigenvalue weighted by atomic mass is 9.92. The van der Waals surface area contributed by atoms with E-state index in [2.05, 4.69) is 40.7 Å². The Bertz CT molecular complexity index is 280. The van der Waals surface area contributed by atoms with E-state index in [1.807, 2.05) is 0 Å². The predicted molar refractivity (Wildman–Crippen MR) is 59.4 cm³/mol. The summed E-state index contributed by atoms with van der Waals surface area (Å²) >= 11 is 0. The zero-order valence-corrected chi connectivity index (χ0v) is 9.49. The van der Waals surface area contributed by atoms with Crippen molar-refractivity contribution < 1.29 is 0 Å². The highest BCUT2D eigenvalue weighted by Crippen LogP contribution is 2.22. The average Bonchev–Trinajstić information content (AvgIpc) is 2.15. The molecule has 0 aliphatic rings. The van der Waals surface area contributed by atoms with Crippen LogP contribution in [-0.2, 0) is 12.8 Å². The van der Waals surface area contributed by atoms with Gasteiger partial charge >= 0.3 is 0 Å². The van der Waals surface area contributed by atoms with Crippen LogP contribution in [0.2, 0.25) is 0 Å². The lowest BCUT2D eigenvalue weighted by Crippen LogP contribution is -1.98. The molecular weight excluding hydrogens is 156 g/mol. The van der Waals surface area contributed by atoms with Crippen molar-refractivity contribution in [2.45, 2.75) is 47.5 Å². The molecule has 0 radical (unpaired) electrons. The molecule has 0 aliphatic heterocycles. The van der Waals surface area contributed by atoms with Gasteiger partial charge in [-0.3, -0.25) is 0 Å². The fourth-order valence-electron chi connectivity index (χ4n) is 1.92. The van der Waals surface area contributed by atoms with Gasteiger partial charge in [-0.25, -0.2) is 0 Å². The summed E-state index contributed by atoms with van der Waals surface area (Å²) in [6, 6.07) is 2.37. The molecule has 0 unspecified atom stereocenters. The van der Waals surface area contributed by atoms with Crippen LogP contribution in [0.25, 0.3) is 0 Å². The maximum atomic E-state index is 2.37. The summed E-state index contributed by atoms with van der Waals surface area (Å²) in [5.41, 5.74) is 7.48. The van der Waals surface area contributed by atoms with Crippen molar-refractivity contribution in [3.05, 3.63) is 33.9 Å². The van der Waals surface area contributed by atoms with E-state index in [0.717, 1.165) is 12.8 Å². The molecule has 0 spiro atoms. The van der Waals surface area contributed by atoms with Gasteiger partial charge in [-0.15, -0.1) is 0 Å². The zero-order chi connectivity index (χ0) is 10.0. The molecule has 1 aromatic carbocycles. The molecular formula is C13H20. The van der Waals surface area contributed by atoms with Crippen LogP contribution in [0, 0.1) is 20.8 Å². The van der Waals surface area contributed by atoms with Crippen molar-refractivity contribution in [1.82, 2.24) is 0 Å². The first-order valence-electron chi connectivity index (χ1n) is 5.20. The summed E-state index contributed by atoms with van der Waals surface area (Å²) in [4.78, 5) is 0. The van der Waals surface area contributed by atoms with Crippen LogP contribution in [0.4, 0.5) is 0 Å². The standard InChI is InChI=1S/C13H20/c1-6-12-8-13(7-2)11(5)9(3)10(12)4/h8H,6-7H2,1-5H3. The van der Waals surface area contributed by atoms with Gasteiger partial charge in [-0.2, -0.15) is 0 Å². The van der Waals surface area contributed by atoms with Crippen molar-refractivity contribution in [2.24, 2.45) is 0 Å². The first-order valence-corrected chi connectivity index (χ1v) is 5.20. The fraction of sp³-hybridized carbons (Fsp3) is 0.538. The van der Waals surface area contributed by atoms with Gasteiger partial charge in [0.05, 0.1) is 0 Å². The molecule has 1 aromatic rings. The van der Waals surface area contributed by atoms with E-state index in [4.69, 9.17) is 0 Å². The number of hydrogen-bond acceptors (Lipinski definition) is 0. The van der Waals surface area contributed by atoms with Gasteiger partial charge in [0.25, 0.3) is 0 Å². The van der Waals surface area contributed by atoms with E-state index in [1.165, 1.54) is 27.8 Å². The van der Waals surface area contributed by atoms with Crippen LogP contribution < -0.4 is 0 Å². The first-order chi connectivity index (χ1) is 6.11. The van der Waals surface area contributed by atoms with Gasteiger partial charge in [0.1, 0.15) is 0 Å². The van der Waals surface area contributed by atoms with Crippen molar-refractivity contribution in [3.63, 3.8) is 0 Å². The van der Waals surface area contributed by atoms with Crippen LogP contribution >= 0.6 is 0 Å². The Morgan fingerprint density at radius 1 is 0.769 bits per heavy atom. The lowest BCUT2D eigenvalue weighted by Gasteiger charge is -2.14. The minimum Gasteiger partial charge on any atom is -0.0613 e. The van der Waals surface area contributed by atoms with Crippen LogP contribution in [0.1, 0.15) is 41.7 Å². The molecule has 72 valence electrons. The molecule has 0 bridgehead atoms. The fourth-order valence-corrected chi connectivity index (χ4v) is 1.92. The van der Waals surface area contributed by atoms with Gasteiger partial charge in [0.2, 0.25) is 0 Å². The molecule has 0 heterocycles. The Hall–Kier alpha value is -0.780. The largest absolute Gasteiger partial charge is 0.0613 e. The molecule has 0 N–H and O–H groups in total. The first kappa shape index (κ1) is 10.3. The van der Waals surface area contributed by atoms with E-state index < -0.39 is 0 Å². The Labute approximate surface area is 82.0 Å². The second kappa shape index (κ2) is 3.95. The Morgan fingerprint density at radius 3 is 1.46 bits per heavy atom. The molecule has 0 nitrogen and oxygen atoms in total. The molecule has 13 heavy (non-hydrogen) atoms. The van der Waals surface area contributed by atoms with Crippen molar-refractivity contribution in [2.75, 3.05) is 0 Å². The van der Waals surface area contributed by atoms with Crippen molar-refractivity contribution in [3.8, 4) is 0 Å². The quantitative estimate of drug-likeness (QED) is 0.644. The van der Waals surface area contributed by atoms with E-state index in [0.29, 0.717) is 0 Å². The predicted octanol–water partition coefficient (Wildman–Crippen LogP) is 3.74. The zero-order valence-electron chi connectivity index (χ0n) is 9.49. The molecule has 0 aliphatic carbocycles. The smallest absolute Gasteiger partial charge is 0.0305 e. The maximum absolute atomic E-state index is 2.37. The summed E-state index contributed by atoms with van der Waals surface area (Å²) in [5, 5.41) is 0. The summed E-state index contributed by atoms with van der Waals surface area (Å²) in [7, 11) is 0. The molecule has 0 saturated carbocycles. The van der Waals surface area contributed by atoms with Gasteiger partial charge in [-0.1, -0.05) is 19.9 Å². The second-order valence-electron chi connectivity index (χ2n) is 3.78. The van der Waals surface area contributed by atoms with Gasteiger partial charge < -0.3 is 0 Å². The molecule has 0 amide bonds. The summed E-state index contributed by atoms with van der Waals surface area (Å²) in [6.45, 7) is 11.2. The number of aryl methyl sites for hydroxylation is 2. The van der Waals surface area contributed by atoms with Crippen LogP contribution in [0.5, 0.6) is 0 Å². The minimum absolute atomic E-state index is 1.15. The van der Waals surface area contributed by atoms with Crippen molar-refractivity contribution >= 4 is 0 Å².